The third kappa shape index (κ3) is 2.94. The minimum atomic E-state index is -3.30. The first-order valence-corrected chi connectivity index (χ1v) is 10.1. The van der Waals surface area contributed by atoms with Crippen LogP contribution in [0.3, 0.4) is 0 Å². The van der Waals surface area contributed by atoms with E-state index in [1.807, 2.05) is 0 Å². The molecule has 1 aromatic heterocycles. The summed E-state index contributed by atoms with van der Waals surface area (Å²) < 4.78 is 37.4. The fourth-order valence-corrected chi connectivity index (χ4v) is 4.57. The molecule has 26 heavy (non-hydrogen) atoms. The first-order chi connectivity index (χ1) is 12.3. The highest BCUT2D eigenvalue weighted by atomic mass is 32.2. The molecule has 4 rings (SSSR count). The SMILES string of the molecule is O=C(N[C@@H]1C=CS(=O)(=O)C1)c1cc2ccc(C3(F)CCC3)cc2[nH]c1=O. The van der Waals surface area contributed by atoms with Gasteiger partial charge in [0.2, 0.25) is 0 Å². The lowest BCUT2D eigenvalue weighted by atomic mass is 9.76. The van der Waals surface area contributed by atoms with Gasteiger partial charge in [0.05, 0.1) is 11.8 Å². The molecule has 2 heterocycles. The van der Waals surface area contributed by atoms with E-state index in [1.165, 1.54) is 12.1 Å². The predicted octanol–water partition coefficient (Wildman–Crippen LogP) is 1.92. The van der Waals surface area contributed by atoms with Crippen LogP contribution in [0, 0.1) is 0 Å². The van der Waals surface area contributed by atoms with E-state index in [2.05, 4.69) is 10.3 Å². The zero-order valence-corrected chi connectivity index (χ0v) is 14.6. The number of amides is 1. The van der Waals surface area contributed by atoms with Gasteiger partial charge in [-0.3, -0.25) is 9.59 Å². The van der Waals surface area contributed by atoms with Crippen molar-refractivity contribution >= 4 is 26.6 Å². The van der Waals surface area contributed by atoms with Crippen LogP contribution in [-0.2, 0) is 15.5 Å². The molecular formula is C18H17FN2O4S. The van der Waals surface area contributed by atoms with Crippen molar-refractivity contribution in [3.63, 3.8) is 0 Å². The molecule has 1 fully saturated rings. The van der Waals surface area contributed by atoms with Crippen LogP contribution in [-0.4, -0.2) is 31.1 Å². The Morgan fingerprint density at radius 2 is 2.04 bits per heavy atom. The summed E-state index contributed by atoms with van der Waals surface area (Å²) in [4.78, 5) is 27.2. The van der Waals surface area contributed by atoms with Gasteiger partial charge in [0.25, 0.3) is 11.5 Å². The van der Waals surface area contributed by atoms with Gasteiger partial charge in [-0.05, 0) is 48.4 Å². The molecule has 0 saturated heterocycles. The Kier molecular flexibility index (Phi) is 3.76. The average Bonchev–Trinajstić information content (AvgIpc) is 2.89. The zero-order valence-electron chi connectivity index (χ0n) is 13.8. The van der Waals surface area contributed by atoms with Gasteiger partial charge in [0.1, 0.15) is 11.2 Å². The Hall–Kier alpha value is -2.48. The number of sulfone groups is 1. The van der Waals surface area contributed by atoms with E-state index in [0.29, 0.717) is 29.3 Å². The van der Waals surface area contributed by atoms with E-state index in [-0.39, 0.29) is 11.3 Å². The summed E-state index contributed by atoms with van der Waals surface area (Å²) in [6.45, 7) is 0. The van der Waals surface area contributed by atoms with Crippen LogP contribution in [0.2, 0.25) is 0 Å². The molecular weight excluding hydrogens is 359 g/mol. The van der Waals surface area contributed by atoms with Crippen molar-refractivity contribution in [2.75, 3.05) is 5.75 Å². The maximum atomic E-state index is 14.6. The first kappa shape index (κ1) is 17.0. The summed E-state index contributed by atoms with van der Waals surface area (Å²) in [5, 5.41) is 4.19. The first-order valence-electron chi connectivity index (χ1n) is 8.34. The molecule has 1 amide bonds. The Morgan fingerprint density at radius 1 is 1.27 bits per heavy atom. The van der Waals surface area contributed by atoms with Crippen molar-refractivity contribution in [1.82, 2.24) is 10.3 Å². The van der Waals surface area contributed by atoms with Crippen LogP contribution >= 0.6 is 0 Å². The third-order valence-corrected chi connectivity index (χ3v) is 6.40. The van der Waals surface area contributed by atoms with Gasteiger partial charge in [-0.25, -0.2) is 12.8 Å². The molecule has 2 aliphatic rings. The average molecular weight is 376 g/mol. The number of halogens is 1. The van der Waals surface area contributed by atoms with Crippen LogP contribution in [0.5, 0.6) is 0 Å². The highest BCUT2D eigenvalue weighted by Crippen LogP contribution is 2.45. The highest BCUT2D eigenvalue weighted by Gasteiger charge is 2.38. The molecule has 136 valence electrons. The van der Waals surface area contributed by atoms with Crippen molar-refractivity contribution in [3.05, 3.63) is 57.2 Å². The van der Waals surface area contributed by atoms with Gasteiger partial charge >= 0.3 is 0 Å². The maximum absolute atomic E-state index is 14.6. The Labute approximate surface area is 149 Å². The van der Waals surface area contributed by atoms with Crippen molar-refractivity contribution in [2.24, 2.45) is 0 Å². The molecule has 8 heteroatoms. The van der Waals surface area contributed by atoms with Gasteiger partial charge in [0.15, 0.2) is 9.84 Å². The van der Waals surface area contributed by atoms with E-state index in [0.717, 1.165) is 11.8 Å². The number of fused-ring (bicyclic) bond motifs is 1. The van der Waals surface area contributed by atoms with Gasteiger partial charge in [-0.15, -0.1) is 0 Å². The smallest absolute Gasteiger partial charge is 0.261 e. The molecule has 0 bridgehead atoms. The number of alkyl halides is 1. The lowest BCUT2D eigenvalue weighted by molar-refractivity contribution is 0.0610. The van der Waals surface area contributed by atoms with E-state index in [1.54, 1.807) is 18.2 Å². The van der Waals surface area contributed by atoms with Gasteiger partial charge in [-0.2, -0.15) is 0 Å². The molecule has 0 radical (unpaired) electrons. The molecule has 0 unspecified atom stereocenters. The minimum absolute atomic E-state index is 0.110. The Bertz CT molecular complexity index is 1100. The minimum Gasteiger partial charge on any atom is -0.345 e. The summed E-state index contributed by atoms with van der Waals surface area (Å²) in [5.41, 5.74) is -1.04. The number of aromatic amines is 1. The third-order valence-electron chi connectivity index (χ3n) is 5.00. The van der Waals surface area contributed by atoms with Crippen LogP contribution in [0.25, 0.3) is 10.9 Å². The quantitative estimate of drug-likeness (QED) is 0.855. The second-order valence-electron chi connectivity index (χ2n) is 6.87. The number of pyridine rings is 1. The number of rotatable bonds is 3. The second kappa shape index (κ2) is 5.77. The predicted molar refractivity (Wildman–Crippen MR) is 95.4 cm³/mol. The normalized spacial score (nSPS) is 22.9. The van der Waals surface area contributed by atoms with Crippen LogP contribution in [0.4, 0.5) is 4.39 Å². The monoisotopic (exact) mass is 376 g/mol. The standard InChI is InChI=1S/C18H17FN2O4S/c19-18(5-1-6-18)12-3-2-11-8-14(17(23)21-15(11)9-12)16(22)20-13-4-7-26(24,25)10-13/h2-4,7-9,13H,1,5-6,10H2,(H,20,22)(H,21,23)/t13-/m1/s1. The fraction of sp³-hybridized carbons (Fsp3) is 0.333. The van der Waals surface area contributed by atoms with Crippen LogP contribution in [0.1, 0.15) is 35.2 Å². The lowest BCUT2D eigenvalue weighted by Gasteiger charge is -2.34. The van der Waals surface area contributed by atoms with Crippen LogP contribution in [0.15, 0.2) is 40.5 Å². The van der Waals surface area contributed by atoms with E-state index in [9.17, 15) is 22.4 Å². The van der Waals surface area contributed by atoms with Crippen molar-refractivity contribution in [1.29, 1.82) is 0 Å². The van der Waals surface area contributed by atoms with Gasteiger partial charge in [-0.1, -0.05) is 12.1 Å². The number of H-pyrrole nitrogens is 1. The van der Waals surface area contributed by atoms with Gasteiger partial charge in [0, 0.05) is 10.9 Å². The van der Waals surface area contributed by atoms with Gasteiger partial charge < -0.3 is 10.3 Å². The van der Waals surface area contributed by atoms with Crippen molar-refractivity contribution < 1.29 is 17.6 Å². The number of hydrogen-bond acceptors (Lipinski definition) is 4. The zero-order chi connectivity index (χ0) is 18.5. The summed E-state index contributed by atoms with van der Waals surface area (Å²) in [5.74, 6) is -0.864. The number of hydrogen-bond donors (Lipinski definition) is 2. The molecule has 1 aliphatic carbocycles. The number of carbonyl (C=O) groups excluding carboxylic acids is 1. The molecule has 2 aromatic rings. The van der Waals surface area contributed by atoms with E-state index >= 15 is 0 Å². The number of aromatic nitrogens is 1. The molecule has 6 nitrogen and oxygen atoms in total. The second-order valence-corrected chi connectivity index (χ2v) is 8.80. The molecule has 1 aliphatic heterocycles. The van der Waals surface area contributed by atoms with Crippen molar-refractivity contribution in [2.45, 2.75) is 31.0 Å². The molecule has 1 atom stereocenters. The number of nitrogens with one attached hydrogen (secondary N) is 2. The Balaban J connectivity index is 1.63. The molecule has 0 spiro atoms. The topological polar surface area (TPSA) is 96.1 Å². The summed E-state index contributed by atoms with van der Waals surface area (Å²) in [6, 6.07) is 5.75. The Morgan fingerprint density at radius 3 is 2.65 bits per heavy atom. The van der Waals surface area contributed by atoms with Crippen LogP contribution < -0.4 is 10.9 Å². The summed E-state index contributed by atoms with van der Waals surface area (Å²) in [6.07, 6.45) is 3.17. The number of benzene rings is 1. The summed E-state index contributed by atoms with van der Waals surface area (Å²) >= 11 is 0. The largest absolute Gasteiger partial charge is 0.345 e. The van der Waals surface area contributed by atoms with Crippen molar-refractivity contribution in [3.8, 4) is 0 Å². The number of carbonyl (C=O) groups is 1. The molecule has 1 aromatic carbocycles. The summed E-state index contributed by atoms with van der Waals surface area (Å²) in [7, 11) is -3.30. The van der Waals surface area contributed by atoms with E-state index < -0.39 is 33.0 Å². The van der Waals surface area contributed by atoms with E-state index in [4.69, 9.17) is 0 Å². The molecule has 2 N–H and O–H groups in total. The maximum Gasteiger partial charge on any atom is 0.261 e. The lowest BCUT2D eigenvalue weighted by Crippen LogP contribution is -2.38. The highest BCUT2D eigenvalue weighted by molar-refractivity contribution is 7.94. The molecule has 1 saturated carbocycles. The fourth-order valence-electron chi connectivity index (χ4n) is 3.34.